The molecule has 1 aromatic heterocycles. The van der Waals surface area contributed by atoms with Crippen LogP contribution < -0.4 is 4.74 Å². The molecule has 4 nitrogen and oxygen atoms in total. The molecule has 98 valence electrons. The zero-order valence-corrected chi connectivity index (χ0v) is 10.5. The minimum Gasteiger partial charge on any atom is -0.477 e. The SMILES string of the molecule is Cc1ccc(C(=O)O)c(Oc2cc(F)ccc2C)n1. The number of carbonyl (C=O) groups is 1. The van der Waals surface area contributed by atoms with Crippen LogP contribution in [0.15, 0.2) is 30.3 Å². The number of pyridine rings is 1. The second-order valence-corrected chi connectivity index (χ2v) is 4.12. The van der Waals surface area contributed by atoms with Crippen LogP contribution in [0.4, 0.5) is 4.39 Å². The van der Waals surface area contributed by atoms with Gasteiger partial charge in [-0.1, -0.05) is 6.07 Å². The van der Waals surface area contributed by atoms with E-state index < -0.39 is 11.8 Å². The van der Waals surface area contributed by atoms with E-state index in [2.05, 4.69) is 4.98 Å². The molecule has 0 spiro atoms. The van der Waals surface area contributed by atoms with Crippen LogP contribution in [0.1, 0.15) is 21.6 Å². The third-order valence-corrected chi connectivity index (χ3v) is 2.59. The smallest absolute Gasteiger partial charge is 0.341 e. The fraction of sp³-hybridized carbons (Fsp3) is 0.143. The largest absolute Gasteiger partial charge is 0.477 e. The summed E-state index contributed by atoms with van der Waals surface area (Å²) in [4.78, 5) is 15.1. The second-order valence-electron chi connectivity index (χ2n) is 4.12. The molecular formula is C14H12FNO3. The Morgan fingerprint density at radius 3 is 2.68 bits per heavy atom. The van der Waals surface area contributed by atoms with Crippen molar-refractivity contribution in [2.45, 2.75) is 13.8 Å². The summed E-state index contributed by atoms with van der Waals surface area (Å²) >= 11 is 0. The number of aromatic nitrogens is 1. The van der Waals surface area contributed by atoms with Crippen LogP contribution in [0, 0.1) is 19.7 Å². The molecule has 1 N–H and O–H groups in total. The predicted octanol–water partition coefficient (Wildman–Crippen LogP) is 3.33. The van der Waals surface area contributed by atoms with Crippen LogP contribution in [0.3, 0.4) is 0 Å². The van der Waals surface area contributed by atoms with Gasteiger partial charge >= 0.3 is 5.97 Å². The van der Waals surface area contributed by atoms with E-state index in [9.17, 15) is 9.18 Å². The van der Waals surface area contributed by atoms with Gasteiger partial charge in [-0.15, -0.1) is 0 Å². The summed E-state index contributed by atoms with van der Waals surface area (Å²) in [6, 6.07) is 7.05. The molecule has 1 heterocycles. The van der Waals surface area contributed by atoms with E-state index in [0.29, 0.717) is 11.3 Å². The molecule has 0 unspecified atom stereocenters. The molecule has 0 saturated carbocycles. The number of benzene rings is 1. The maximum atomic E-state index is 13.2. The third kappa shape index (κ3) is 2.88. The average Bonchev–Trinajstić information content (AvgIpc) is 2.33. The number of aromatic carboxylic acids is 1. The number of hydrogen-bond donors (Lipinski definition) is 1. The van der Waals surface area contributed by atoms with Crippen LogP contribution in [0.5, 0.6) is 11.6 Å². The lowest BCUT2D eigenvalue weighted by Crippen LogP contribution is -2.03. The molecule has 0 bridgehead atoms. The van der Waals surface area contributed by atoms with Gasteiger partial charge in [0.05, 0.1) is 0 Å². The number of halogens is 1. The Morgan fingerprint density at radius 2 is 2.00 bits per heavy atom. The molecule has 1 aromatic carbocycles. The van der Waals surface area contributed by atoms with Gasteiger partial charge in [-0.2, -0.15) is 0 Å². The van der Waals surface area contributed by atoms with Crippen molar-refractivity contribution in [1.82, 2.24) is 4.98 Å². The van der Waals surface area contributed by atoms with Gasteiger partial charge in [0.25, 0.3) is 0 Å². The molecular weight excluding hydrogens is 249 g/mol. The first-order chi connectivity index (χ1) is 8.97. The van der Waals surface area contributed by atoms with Crippen molar-refractivity contribution in [2.24, 2.45) is 0 Å². The first-order valence-corrected chi connectivity index (χ1v) is 5.62. The van der Waals surface area contributed by atoms with E-state index in [1.807, 2.05) is 0 Å². The Hall–Kier alpha value is -2.43. The standard InChI is InChI=1S/C14H12FNO3/c1-8-3-5-10(15)7-12(8)19-13-11(14(17)18)6-4-9(2)16-13/h3-7H,1-2H3,(H,17,18). The van der Waals surface area contributed by atoms with Crippen molar-refractivity contribution in [3.05, 3.63) is 53.0 Å². The Labute approximate surface area is 109 Å². The van der Waals surface area contributed by atoms with Gasteiger partial charge in [0, 0.05) is 11.8 Å². The number of nitrogens with zero attached hydrogens (tertiary/aromatic N) is 1. The van der Waals surface area contributed by atoms with Crippen LogP contribution >= 0.6 is 0 Å². The second kappa shape index (κ2) is 5.06. The summed E-state index contributed by atoms with van der Waals surface area (Å²) in [7, 11) is 0. The first-order valence-electron chi connectivity index (χ1n) is 5.62. The molecule has 0 amide bonds. The van der Waals surface area contributed by atoms with Crippen molar-refractivity contribution in [1.29, 1.82) is 0 Å². The minimum atomic E-state index is -1.14. The molecule has 5 heteroatoms. The fourth-order valence-corrected chi connectivity index (χ4v) is 1.56. The summed E-state index contributed by atoms with van der Waals surface area (Å²) in [6.07, 6.45) is 0. The highest BCUT2D eigenvalue weighted by atomic mass is 19.1. The van der Waals surface area contributed by atoms with Gasteiger partial charge in [0.2, 0.25) is 5.88 Å². The number of rotatable bonds is 3. The van der Waals surface area contributed by atoms with E-state index in [1.54, 1.807) is 26.0 Å². The quantitative estimate of drug-likeness (QED) is 0.920. The van der Waals surface area contributed by atoms with E-state index in [1.165, 1.54) is 18.2 Å². The molecule has 0 saturated heterocycles. The van der Waals surface area contributed by atoms with Crippen molar-refractivity contribution in [3.8, 4) is 11.6 Å². The maximum Gasteiger partial charge on any atom is 0.341 e. The molecule has 0 atom stereocenters. The lowest BCUT2D eigenvalue weighted by Gasteiger charge is -2.10. The highest BCUT2D eigenvalue weighted by molar-refractivity contribution is 5.90. The number of carboxylic acid groups (broad SMARTS) is 1. The van der Waals surface area contributed by atoms with E-state index in [-0.39, 0.29) is 17.2 Å². The molecule has 2 rings (SSSR count). The summed E-state index contributed by atoms with van der Waals surface area (Å²) in [5, 5.41) is 9.06. The Morgan fingerprint density at radius 1 is 1.26 bits per heavy atom. The molecule has 0 radical (unpaired) electrons. The number of hydrogen-bond acceptors (Lipinski definition) is 3. The third-order valence-electron chi connectivity index (χ3n) is 2.59. The first kappa shape index (κ1) is 13.0. The van der Waals surface area contributed by atoms with Crippen LogP contribution in [-0.4, -0.2) is 16.1 Å². The van der Waals surface area contributed by atoms with Gasteiger partial charge in [0.15, 0.2) is 0 Å². The van der Waals surface area contributed by atoms with Gasteiger partial charge in [0.1, 0.15) is 17.1 Å². The Kier molecular flexibility index (Phi) is 3.46. The Balaban J connectivity index is 2.45. The highest BCUT2D eigenvalue weighted by Gasteiger charge is 2.15. The lowest BCUT2D eigenvalue weighted by atomic mass is 10.2. The normalized spacial score (nSPS) is 10.3. The monoisotopic (exact) mass is 261 g/mol. The summed E-state index contributed by atoms with van der Waals surface area (Å²) in [5.41, 5.74) is 1.25. The van der Waals surface area contributed by atoms with Crippen molar-refractivity contribution >= 4 is 5.97 Å². The Bertz CT molecular complexity index is 641. The van der Waals surface area contributed by atoms with E-state index in [0.717, 1.165) is 0 Å². The van der Waals surface area contributed by atoms with Gasteiger partial charge in [-0.3, -0.25) is 0 Å². The van der Waals surface area contributed by atoms with Crippen molar-refractivity contribution in [2.75, 3.05) is 0 Å². The number of ether oxygens (including phenoxy) is 1. The number of carboxylic acids is 1. The minimum absolute atomic E-state index is 0.0406. The predicted molar refractivity (Wildman–Crippen MR) is 67.1 cm³/mol. The topological polar surface area (TPSA) is 59.4 Å². The zero-order valence-electron chi connectivity index (χ0n) is 10.5. The number of aryl methyl sites for hydroxylation is 2. The molecule has 2 aromatic rings. The van der Waals surface area contributed by atoms with Gasteiger partial charge in [-0.25, -0.2) is 14.2 Å². The molecule has 0 aliphatic carbocycles. The summed E-state index contributed by atoms with van der Waals surface area (Å²) in [5.74, 6) is -1.39. The van der Waals surface area contributed by atoms with E-state index in [4.69, 9.17) is 9.84 Å². The highest BCUT2D eigenvalue weighted by Crippen LogP contribution is 2.27. The van der Waals surface area contributed by atoms with E-state index >= 15 is 0 Å². The van der Waals surface area contributed by atoms with Gasteiger partial charge in [-0.05, 0) is 37.6 Å². The molecule has 0 fully saturated rings. The van der Waals surface area contributed by atoms with Crippen molar-refractivity contribution in [3.63, 3.8) is 0 Å². The van der Waals surface area contributed by atoms with Gasteiger partial charge < -0.3 is 9.84 Å². The summed E-state index contributed by atoms with van der Waals surface area (Å²) in [6.45, 7) is 3.46. The van der Waals surface area contributed by atoms with Crippen LogP contribution in [0.25, 0.3) is 0 Å². The van der Waals surface area contributed by atoms with Crippen LogP contribution in [-0.2, 0) is 0 Å². The maximum absolute atomic E-state index is 13.2. The molecule has 0 aliphatic rings. The lowest BCUT2D eigenvalue weighted by molar-refractivity contribution is 0.0693. The van der Waals surface area contributed by atoms with Crippen LogP contribution in [0.2, 0.25) is 0 Å². The fourth-order valence-electron chi connectivity index (χ4n) is 1.56. The average molecular weight is 261 g/mol. The zero-order chi connectivity index (χ0) is 14.0. The van der Waals surface area contributed by atoms with Crippen molar-refractivity contribution < 1.29 is 19.0 Å². The summed E-state index contributed by atoms with van der Waals surface area (Å²) < 4.78 is 18.6. The molecule has 0 aliphatic heterocycles. The molecule has 19 heavy (non-hydrogen) atoms.